The summed E-state index contributed by atoms with van der Waals surface area (Å²) in [4.78, 5) is 2.47. The maximum absolute atomic E-state index is 9.61. The smallest absolute Gasteiger partial charge is 0.0695 e. The standard InChI is InChI=1S/C9H17NO/c11-9-5-3-4-8(9)10-6-1-2-7-10/h8-9,11H,1-7H2/t8-,9+/m0/s1. The lowest BCUT2D eigenvalue weighted by Crippen LogP contribution is -2.38. The van der Waals surface area contributed by atoms with Gasteiger partial charge in [0, 0.05) is 6.04 Å². The summed E-state index contributed by atoms with van der Waals surface area (Å²) in [5.74, 6) is 0. The minimum absolute atomic E-state index is 0.0203. The molecule has 1 saturated heterocycles. The fraction of sp³-hybridized carbons (Fsp3) is 1.00. The Kier molecular flexibility index (Phi) is 2.14. The van der Waals surface area contributed by atoms with Crippen molar-refractivity contribution < 1.29 is 5.11 Å². The molecule has 1 saturated carbocycles. The Morgan fingerprint density at radius 1 is 1.00 bits per heavy atom. The van der Waals surface area contributed by atoms with E-state index in [2.05, 4.69) is 4.90 Å². The minimum atomic E-state index is -0.0203. The molecular formula is C9H17NO. The fourth-order valence-corrected chi connectivity index (χ4v) is 2.42. The second kappa shape index (κ2) is 3.11. The van der Waals surface area contributed by atoms with Crippen LogP contribution in [0.2, 0.25) is 0 Å². The topological polar surface area (TPSA) is 23.5 Å². The molecule has 0 aromatic carbocycles. The SMILES string of the molecule is O[C@@H]1CCC[C@@H]1N1CCCC1. The summed E-state index contributed by atoms with van der Waals surface area (Å²) in [5, 5.41) is 9.61. The van der Waals surface area contributed by atoms with Crippen LogP contribution in [0.4, 0.5) is 0 Å². The molecule has 2 atom stereocenters. The van der Waals surface area contributed by atoms with Gasteiger partial charge in [0.15, 0.2) is 0 Å². The largest absolute Gasteiger partial charge is 0.391 e. The van der Waals surface area contributed by atoms with Gasteiger partial charge in [0.05, 0.1) is 6.10 Å². The molecule has 11 heavy (non-hydrogen) atoms. The van der Waals surface area contributed by atoms with Crippen molar-refractivity contribution >= 4 is 0 Å². The third-order valence-corrected chi connectivity index (χ3v) is 3.05. The molecule has 2 heteroatoms. The molecule has 1 aliphatic heterocycles. The van der Waals surface area contributed by atoms with Gasteiger partial charge in [-0.1, -0.05) is 0 Å². The Morgan fingerprint density at radius 2 is 1.73 bits per heavy atom. The zero-order valence-electron chi connectivity index (χ0n) is 7.00. The first-order valence-corrected chi connectivity index (χ1v) is 4.80. The number of hydrogen-bond donors (Lipinski definition) is 1. The van der Waals surface area contributed by atoms with Gasteiger partial charge < -0.3 is 5.11 Å². The average Bonchev–Trinajstić information content (AvgIpc) is 2.55. The molecule has 0 aromatic heterocycles. The number of likely N-dealkylation sites (tertiary alicyclic amines) is 1. The molecule has 2 rings (SSSR count). The molecule has 64 valence electrons. The van der Waals surface area contributed by atoms with Crippen LogP contribution in [0.3, 0.4) is 0 Å². The van der Waals surface area contributed by atoms with E-state index >= 15 is 0 Å². The van der Waals surface area contributed by atoms with Crippen molar-refractivity contribution in [1.29, 1.82) is 0 Å². The third-order valence-electron chi connectivity index (χ3n) is 3.05. The van der Waals surface area contributed by atoms with E-state index in [9.17, 15) is 5.11 Å². The van der Waals surface area contributed by atoms with Crippen molar-refractivity contribution in [3.05, 3.63) is 0 Å². The van der Waals surface area contributed by atoms with E-state index in [-0.39, 0.29) is 6.10 Å². The summed E-state index contributed by atoms with van der Waals surface area (Å²) in [5.41, 5.74) is 0. The van der Waals surface area contributed by atoms with Gasteiger partial charge in [-0.2, -0.15) is 0 Å². The maximum atomic E-state index is 9.61. The Labute approximate surface area is 68.2 Å². The predicted molar refractivity (Wildman–Crippen MR) is 44.5 cm³/mol. The maximum Gasteiger partial charge on any atom is 0.0695 e. The van der Waals surface area contributed by atoms with Crippen molar-refractivity contribution in [2.24, 2.45) is 0 Å². The molecule has 2 aliphatic rings. The summed E-state index contributed by atoms with van der Waals surface area (Å²) in [7, 11) is 0. The van der Waals surface area contributed by atoms with Crippen LogP contribution in [-0.2, 0) is 0 Å². The van der Waals surface area contributed by atoms with E-state index < -0.39 is 0 Å². The molecule has 0 bridgehead atoms. The van der Waals surface area contributed by atoms with Gasteiger partial charge in [-0.25, -0.2) is 0 Å². The Bertz CT molecular complexity index is 132. The molecule has 1 aliphatic carbocycles. The molecule has 0 radical (unpaired) electrons. The highest BCUT2D eigenvalue weighted by molar-refractivity contribution is 4.86. The van der Waals surface area contributed by atoms with Crippen LogP contribution in [0.1, 0.15) is 32.1 Å². The van der Waals surface area contributed by atoms with Gasteiger partial charge in [-0.3, -0.25) is 4.90 Å². The zero-order chi connectivity index (χ0) is 7.68. The van der Waals surface area contributed by atoms with E-state index in [0.717, 1.165) is 6.42 Å². The molecule has 2 fully saturated rings. The van der Waals surface area contributed by atoms with Crippen molar-refractivity contribution in [3.63, 3.8) is 0 Å². The average molecular weight is 155 g/mol. The first kappa shape index (κ1) is 7.56. The summed E-state index contributed by atoms with van der Waals surface area (Å²) < 4.78 is 0. The van der Waals surface area contributed by atoms with Gasteiger partial charge in [0.2, 0.25) is 0 Å². The second-order valence-electron chi connectivity index (χ2n) is 3.81. The highest BCUT2D eigenvalue weighted by Gasteiger charge is 2.31. The molecule has 1 heterocycles. The van der Waals surface area contributed by atoms with Gasteiger partial charge >= 0.3 is 0 Å². The first-order chi connectivity index (χ1) is 5.38. The second-order valence-corrected chi connectivity index (χ2v) is 3.81. The van der Waals surface area contributed by atoms with E-state index in [1.807, 2.05) is 0 Å². The van der Waals surface area contributed by atoms with Crippen LogP contribution < -0.4 is 0 Å². The molecule has 0 unspecified atom stereocenters. The monoisotopic (exact) mass is 155 g/mol. The number of aliphatic hydroxyl groups is 1. The zero-order valence-corrected chi connectivity index (χ0v) is 7.00. The fourth-order valence-electron chi connectivity index (χ4n) is 2.42. The Hall–Kier alpha value is -0.0800. The quantitative estimate of drug-likeness (QED) is 0.610. The van der Waals surface area contributed by atoms with E-state index in [1.165, 1.54) is 38.8 Å². The van der Waals surface area contributed by atoms with Crippen LogP contribution in [0.15, 0.2) is 0 Å². The summed E-state index contributed by atoms with van der Waals surface area (Å²) in [6, 6.07) is 0.512. The van der Waals surface area contributed by atoms with Crippen molar-refractivity contribution in [3.8, 4) is 0 Å². The van der Waals surface area contributed by atoms with Crippen molar-refractivity contribution in [2.75, 3.05) is 13.1 Å². The van der Waals surface area contributed by atoms with Crippen LogP contribution in [-0.4, -0.2) is 35.2 Å². The Morgan fingerprint density at radius 3 is 2.27 bits per heavy atom. The van der Waals surface area contributed by atoms with Gasteiger partial charge in [-0.05, 0) is 45.2 Å². The molecule has 0 aromatic rings. The van der Waals surface area contributed by atoms with Gasteiger partial charge in [0.25, 0.3) is 0 Å². The molecule has 0 spiro atoms. The van der Waals surface area contributed by atoms with Crippen LogP contribution >= 0.6 is 0 Å². The lowest BCUT2D eigenvalue weighted by molar-refractivity contribution is 0.0853. The molecule has 1 N–H and O–H groups in total. The molecule has 0 amide bonds. The highest BCUT2D eigenvalue weighted by Crippen LogP contribution is 2.26. The summed E-state index contributed by atoms with van der Waals surface area (Å²) >= 11 is 0. The molecule has 2 nitrogen and oxygen atoms in total. The predicted octanol–water partition coefficient (Wildman–Crippen LogP) is 0.996. The first-order valence-electron chi connectivity index (χ1n) is 4.80. The van der Waals surface area contributed by atoms with E-state index in [4.69, 9.17) is 0 Å². The van der Waals surface area contributed by atoms with Crippen LogP contribution in [0.5, 0.6) is 0 Å². The van der Waals surface area contributed by atoms with Gasteiger partial charge in [-0.15, -0.1) is 0 Å². The summed E-state index contributed by atoms with van der Waals surface area (Å²) in [6.07, 6.45) is 6.13. The minimum Gasteiger partial charge on any atom is -0.391 e. The van der Waals surface area contributed by atoms with Gasteiger partial charge in [0.1, 0.15) is 0 Å². The van der Waals surface area contributed by atoms with Crippen molar-refractivity contribution in [1.82, 2.24) is 4.90 Å². The third kappa shape index (κ3) is 1.42. The lowest BCUT2D eigenvalue weighted by Gasteiger charge is -2.25. The molecular weight excluding hydrogens is 138 g/mol. The van der Waals surface area contributed by atoms with Crippen LogP contribution in [0, 0.1) is 0 Å². The normalized spacial score (nSPS) is 40.1. The number of rotatable bonds is 1. The number of hydrogen-bond acceptors (Lipinski definition) is 2. The highest BCUT2D eigenvalue weighted by atomic mass is 16.3. The van der Waals surface area contributed by atoms with Crippen LogP contribution in [0.25, 0.3) is 0 Å². The number of nitrogens with zero attached hydrogens (tertiary/aromatic N) is 1. The van der Waals surface area contributed by atoms with E-state index in [1.54, 1.807) is 0 Å². The number of aliphatic hydroxyl groups excluding tert-OH is 1. The van der Waals surface area contributed by atoms with Crippen molar-refractivity contribution in [2.45, 2.75) is 44.2 Å². The Balaban J connectivity index is 1.92. The van der Waals surface area contributed by atoms with E-state index in [0.29, 0.717) is 6.04 Å². The lowest BCUT2D eigenvalue weighted by atomic mass is 10.2. The summed E-state index contributed by atoms with van der Waals surface area (Å²) in [6.45, 7) is 2.45.